The monoisotopic (exact) mass is 489 g/mol. The second kappa shape index (κ2) is 15.0. The van der Waals surface area contributed by atoms with Crippen molar-refractivity contribution in [2.45, 2.75) is 83.3 Å². The molecule has 0 aromatic carbocycles. The van der Waals surface area contributed by atoms with E-state index in [9.17, 15) is 34.5 Å². The average molecular weight is 490 g/mol. The van der Waals surface area contributed by atoms with E-state index in [1.165, 1.54) is 13.8 Å². The molecular weight excluding hydrogens is 450 g/mol. The fourth-order valence-electron chi connectivity index (χ4n) is 2.87. The number of aliphatic hydroxyl groups excluding tert-OH is 2. The molecule has 14 nitrogen and oxygen atoms in total. The van der Waals surface area contributed by atoms with E-state index in [1.54, 1.807) is 13.8 Å². The number of carbonyl (C=O) groups is 4. The Morgan fingerprint density at radius 3 is 1.85 bits per heavy atom. The van der Waals surface area contributed by atoms with E-state index < -0.39 is 60.1 Å². The van der Waals surface area contributed by atoms with Gasteiger partial charge in [0, 0.05) is 6.54 Å². The van der Waals surface area contributed by atoms with Gasteiger partial charge in [-0.2, -0.15) is 0 Å². The van der Waals surface area contributed by atoms with Crippen LogP contribution in [0.3, 0.4) is 0 Å². The first-order chi connectivity index (χ1) is 15.7. The van der Waals surface area contributed by atoms with E-state index in [-0.39, 0.29) is 37.7 Å². The topological polar surface area (TPSA) is 255 Å². The number of carboxylic acids is 1. The Bertz CT molecular complexity index is 724. The van der Waals surface area contributed by atoms with E-state index in [0.29, 0.717) is 0 Å². The van der Waals surface area contributed by atoms with Crippen LogP contribution >= 0.6 is 0 Å². The minimum atomic E-state index is -1.50. The lowest BCUT2D eigenvalue weighted by Gasteiger charge is -2.27. The Kier molecular flexibility index (Phi) is 13.7. The fourth-order valence-corrected chi connectivity index (χ4v) is 2.87. The number of rotatable bonds is 15. The number of hydrogen-bond donors (Lipinski definition) is 9. The number of nitrogens with two attached hydrogens (primary N) is 3. The zero-order chi connectivity index (χ0) is 26.6. The lowest BCUT2D eigenvalue weighted by Crippen LogP contribution is -2.60. The molecule has 6 atom stereocenters. The summed E-state index contributed by atoms with van der Waals surface area (Å²) in [5.74, 6) is -3.97. The number of guanidine groups is 1. The average Bonchev–Trinajstić information content (AvgIpc) is 2.71. The quantitative estimate of drug-likeness (QED) is 0.0629. The van der Waals surface area contributed by atoms with Crippen molar-refractivity contribution in [2.24, 2.45) is 28.1 Å². The van der Waals surface area contributed by atoms with E-state index in [2.05, 4.69) is 20.9 Å². The van der Waals surface area contributed by atoms with Crippen LogP contribution in [0.15, 0.2) is 4.99 Å². The summed E-state index contributed by atoms with van der Waals surface area (Å²) in [6.07, 6.45) is -2.09. The number of hydrogen-bond acceptors (Lipinski definition) is 8. The van der Waals surface area contributed by atoms with Crippen molar-refractivity contribution in [2.75, 3.05) is 6.54 Å². The third-order valence-corrected chi connectivity index (χ3v) is 4.79. The summed E-state index contributed by atoms with van der Waals surface area (Å²) in [6, 6.07) is -5.19. The Balaban J connectivity index is 5.37. The van der Waals surface area contributed by atoms with Gasteiger partial charge in [-0.3, -0.25) is 19.4 Å². The van der Waals surface area contributed by atoms with E-state index in [0.717, 1.165) is 0 Å². The molecule has 3 amide bonds. The summed E-state index contributed by atoms with van der Waals surface area (Å²) < 4.78 is 0. The zero-order valence-corrected chi connectivity index (χ0v) is 20.0. The molecule has 0 aliphatic heterocycles. The second-order valence-electron chi connectivity index (χ2n) is 8.53. The van der Waals surface area contributed by atoms with Crippen LogP contribution in [0.1, 0.15) is 47.0 Å². The molecule has 14 heteroatoms. The van der Waals surface area contributed by atoms with Gasteiger partial charge in [-0.15, -0.1) is 0 Å². The molecule has 34 heavy (non-hydrogen) atoms. The number of carbonyl (C=O) groups excluding carboxylic acids is 3. The van der Waals surface area contributed by atoms with Gasteiger partial charge in [0.25, 0.3) is 0 Å². The highest BCUT2D eigenvalue weighted by Gasteiger charge is 2.33. The van der Waals surface area contributed by atoms with Gasteiger partial charge in [-0.05, 0) is 39.0 Å². The normalized spacial score (nSPS) is 16.4. The first-order valence-electron chi connectivity index (χ1n) is 11.0. The molecule has 0 saturated carbocycles. The minimum absolute atomic E-state index is 0.00158. The number of aliphatic imine (C=N–C) groups is 1. The number of nitrogens with zero attached hydrogens (tertiary/aromatic N) is 1. The maximum Gasteiger partial charge on any atom is 0.326 e. The maximum absolute atomic E-state index is 12.8. The molecule has 0 heterocycles. The largest absolute Gasteiger partial charge is 0.480 e. The molecule has 0 spiro atoms. The van der Waals surface area contributed by atoms with Crippen LogP contribution in [0, 0.1) is 5.92 Å². The third kappa shape index (κ3) is 11.8. The summed E-state index contributed by atoms with van der Waals surface area (Å²) in [5.41, 5.74) is 16.0. The van der Waals surface area contributed by atoms with Crippen molar-refractivity contribution < 1.29 is 34.5 Å². The number of aliphatic hydroxyl groups is 2. The Morgan fingerprint density at radius 1 is 0.853 bits per heavy atom. The van der Waals surface area contributed by atoms with Crippen LogP contribution in [0.2, 0.25) is 0 Å². The van der Waals surface area contributed by atoms with Crippen molar-refractivity contribution in [1.82, 2.24) is 16.0 Å². The van der Waals surface area contributed by atoms with Gasteiger partial charge in [0.05, 0.1) is 12.2 Å². The van der Waals surface area contributed by atoms with E-state index in [1.807, 2.05) is 0 Å². The SMILES string of the molecule is CC(C)CC(NC(=O)C(N)C(C)O)C(=O)NC(C(=O)NC(CCCN=C(N)N)C(=O)O)C(C)O. The van der Waals surface area contributed by atoms with Crippen LogP contribution in [0.25, 0.3) is 0 Å². The van der Waals surface area contributed by atoms with Gasteiger partial charge in [-0.1, -0.05) is 13.8 Å². The third-order valence-electron chi connectivity index (χ3n) is 4.79. The minimum Gasteiger partial charge on any atom is -0.480 e. The molecule has 0 aromatic heterocycles. The van der Waals surface area contributed by atoms with Gasteiger partial charge >= 0.3 is 5.97 Å². The predicted octanol–water partition coefficient (Wildman–Crippen LogP) is -3.29. The van der Waals surface area contributed by atoms with Crippen molar-refractivity contribution in [1.29, 1.82) is 0 Å². The highest BCUT2D eigenvalue weighted by atomic mass is 16.4. The summed E-state index contributed by atoms with van der Waals surface area (Å²) in [4.78, 5) is 53.0. The molecule has 0 aliphatic carbocycles. The van der Waals surface area contributed by atoms with Crippen LogP contribution in [-0.4, -0.2) is 87.9 Å². The van der Waals surface area contributed by atoms with E-state index >= 15 is 0 Å². The van der Waals surface area contributed by atoms with Gasteiger partial charge in [0.2, 0.25) is 17.7 Å². The summed E-state index contributed by atoms with van der Waals surface area (Å²) >= 11 is 0. The van der Waals surface area contributed by atoms with Crippen molar-refractivity contribution in [3.8, 4) is 0 Å². The molecule has 0 aliphatic rings. The molecule has 196 valence electrons. The molecule has 6 unspecified atom stereocenters. The van der Waals surface area contributed by atoms with Gasteiger partial charge < -0.3 is 48.5 Å². The van der Waals surface area contributed by atoms with Crippen molar-refractivity contribution in [3.63, 3.8) is 0 Å². The number of nitrogens with one attached hydrogen (secondary N) is 3. The Hall–Kier alpha value is -2.97. The first-order valence-corrected chi connectivity index (χ1v) is 11.0. The fraction of sp³-hybridized carbons (Fsp3) is 0.750. The molecule has 0 fully saturated rings. The number of amides is 3. The van der Waals surface area contributed by atoms with Crippen molar-refractivity contribution >= 4 is 29.7 Å². The summed E-state index contributed by atoms with van der Waals surface area (Å²) in [5, 5.41) is 36.0. The first kappa shape index (κ1) is 31.0. The van der Waals surface area contributed by atoms with Crippen LogP contribution in [-0.2, 0) is 19.2 Å². The van der Waals surface area contributed by atoms with Crippen LogP contribution < -0.4 is 33.2 Å². The smallest absolute Gasteiger partial charge is 0.326 e. The van der Waals surface area contributed by atoms with Gasteiger partial charge in [0.1, 0.15) is 24.2 Å². The zero-order valence-electron chi connectivity index (χ0n) is 20.0. The summed E-state index contributed by atoms with van der Waals surface area (Å²) in [7, 11) is 0. The molecule has 0 aromatic rings. The molecule has 0 rings (SSSR count). The standard InChI is InChI=1S/C20H39N7O7/c1-9(2)8-13(26-17(31)14(21)10(3)28)16(30)27-15(11(4)29)18(32)25-12(19(33)34)6-5-7-24-20(22)23/h9-15,28-29H,5-8,21H2,1-4H3,(H,25,32)(H,26,31)(H,27,30)(H,33,34)(H4,22,23,24). The van der Waals surface area contributed by atoms with Crippen LogP contribution in [0.5, 0.6) is 0 Å². The highest BCUT2D eigenvalue weighted by Crippen LogP contribution is 2.08. The highest BCUT2D eigenvalue weighted by molar-refractivity contribution is 5.94. The predicted molar refractivity (Wildman–Crippen MR) is 124 cm³/mol. The lowest BCUT2D eigenvalue weighted by atomic mass is 10.0. The molecule has 12 N–H and O–H groups in total. The Labute approximate surface area is 198 Å². The van der Waals surface area contributed by atoms with Gasteiger partial charge in [-0.25, -0.2) is 4.79 Å². The Morgan fingerprint density at radius 2 is 1.41 bits per heavy atom. The molecule has 0 saturated heterocycles. The summed E-state index contributed by atoms with van der Waals surface area (Å²) in [6.45, 7) is 6.34. The second-order valence-corrected chi connectivity index (χ2v) is 8.53. The number of aliphatic carboxylic acids is 1. The van der Waals surface area contributed by atoms with Gasteiger partial charge in [0.15, 0.2) is 5.96 Å². The van der Waals surface area contributed by atoms with Crippen molar-refractivity contribution in [3.05, 3.63) is 0 Å². The van der Waals surface area contributed by atoms with Crippen LogP contribution in [0.4, 0.5) is 0 Å². The molecule has 0 radical (unpaired) electrons. The molecular formula is C20H39N7O7. The maximum atomic E-state index is 12.8. The number of carboxylic acid groups (broad SMARTS) is 1. The molecule has 0 bridgehead atoms. The van der Waals surface area contributed by atoms with E-state index in [4.69, 9.17) is 17.2 Å². The lowest BCUT2D eigenvalue weighted by molar-refractivity contribution is -0.143.